The minimum absolute atomic E-state index is 0.0705. The number of aliphatic hydroxyl groups excluding tert-OH is 1. The molecular formula is C19H21Cl2N3O2. The second-order valence-electron chi connectivity index (χ2n) is 6.11. The Morgan fingerprint density at radius 2 is 1.81 bits per heavy atom. The number of aliphatic hydroxyl groups is 1. The van der Waals surface area contributed by atoms with Gasteiger partial charge in [-0.3, -0.25) is 5.41 Å². The highest BCUT2D eigenvalue weighted by atomic mass is 35.5. The van der Waals surface area contributed by atoms with Crippen LogP contribution in [0, 0.1) is 5.41 Å². The van der Waals surface area contributed by atoms with Gasteiger partial charge in [0, 0.05) is 11.6 Å². The van der Waals surface area contributed by atoms with Crippen LogP contribution in [-0.4, -0.2) is 27.0 Å². The zero-order valence-electron chi connectivity index (χ0n) is 14.5. The molecule has 7 heteroatoms. The molecule has 26 heavy (non-hydrogen) atoms. The lowest BCUT2D eigenvalue weighted by molar-refractivity contribution is 0.0921. The van der Waals surface area contributed by atoms with E-state index in [1.54, 1.807) is 18.2 Å². The van der Waals surface area contributed by atoms with Gasteiger partial charge >= 0.3 is 0 Å². The number of rotatable bonds is 7. The van der Waals surface area contributed by atoms with Crippen LogP contribution in [0.1, 0.15) is 13.3 Å². The van der Waals surface area contributed by atoms with Crippen molar-refractivity contribution in [1.29, 1.82) is 5.41 Å². The van der Waals surface area contributed by atoms with Crippen LogP contribution in [0.3, 0.4) is 0 Å². The van der Waals surface area contributed by atoms with Crippen LogP contribution in [0.4, 0.5) is 0 Å². The maximum absolute atomic E-state index is 10.4. The lowest BCUT2D eigenvalue weighted by atomic mass is 10.3. The third-order valence-electron chi connectivity index (χ3n) is 4.14. The van der Waals surface area contributed by atoms with Crippen molar-refractivity contribution in [3.05, 3.63) is 58.1 Å². The van der Waals surface area contributed by atoms with Crippen LogP contribution in [0.5, 0.6) is 5.75 Å². The van der Waals surface area contributed by atoms with E-state index >= 15 is 0 Å². The number of para-hydroxylation sites is 2. The summed E-state index contributed by atoms with van der Waals surface area (Å²) in [5, 5.41) is 19.8. The molecule has 2 N–H and O–H groups in total. The predicted molar refractivity (Wildman–Crippen MR) is 104 cm³/mol. The molecule has 3 aromatic rings. The molecule has 138 valence electrons. The number of hydrogen-bond acceptors (Lipinski definition) is 3. The molecule has 0 saturated heterocycles. The maximum atomic E-state index is 10.4. The van der Waals surface area contributed by atoms with Crippen LogP contribution in [0.25, 0.3) is 11.0 Å². The molecule has 1 aromatic heterocycles. The third-order valence-corrected chi connectivity index (χ3v) is 4.67. The number of benzene rings is 2. The summed E-state index contributed by atoms with van der Waals surface area (Å²) >= 11 is 12.0. The number of halogens is 2. The minimum Gasteiger partial charge on any atom is -0.489 e. The van der Waals surface area contributed by atoms with Crippen molar-refractivity contribution in [2.45, 2.75) is 32.5 Å². The standard InChI is InChI=1S/C19H21Cl2N3O2/c1-2-9-23-16-5-3-4-6-17(16)24(19(23)22)11-14(25)12-26-18-8-7-13(20)10-15(18)21/h3-8,10,14,22,25H,2,9,11-12H2,1H3/t14-/m0/s1. The monoisotopic (exact) mass is 393 g/mol. The number of ether oxygens (including phenoxy) is 1. The van der Waals surface area contributed by atoms with Crippen molar-refractivity contribution in [3.63, 3.8) is 0 Å². The molecule has 0 saturated carbocycles. The van der Waals surface area contributed by atoms with Crippen molar-refractivity contribution in [1.82, 2.24) is 9.13 Å². The summed E-state index contributed by atoms with van der Waals surface area (Å²) in [5.41, 5.74) is 2.29. The summed E-state index contributed by atoms with van der Waals surface area (Å²) in [4.78, 5) is 0. The van der Waals surface area contributed by atoms with Gasteiger partial charge in [0.05, 0.1) is 22.6 Å². The van der Waals surface area contributed by atoms with Crippen LogP contribution < -0.4 is 10.4 Å². The van der Waals surface area contributed by atoms with Gasteiger partial charge in [-0.15, -0.1) is 0 Å². The summed E-state index contributed by atoms with van der Waals surface area (Å²) in [6, 6.07) is 12.8. The Bertz CT molecular complexity index is 965. The average Bonchev–Trinajstić information content (AvgIpc) is 2.87. The van der Waals surface area contributed by atoms with Crippen LogP contribution in [0.15, 0.2) is 42.5 Å². The minimum atomic E-state index is -0.781. The van der Waals surface area contributed by atoms with E-state index in [0.29, 0.717) is 21.4 Å². The fraction of sp³-hybridized carbons (Fsp3) is 0.316. The number of imidazole rings is 1. The molecule has 0 spiro atoms. The Morgan fingerprint density at radius 3 is 2.46 bits per heavy atom. The maximum Gasteiger partial charge on any atom is 0.203 e. The van der Waals surface area contributed by atoms with E-state index in [-0.39, 0.29) is 13.2 Å². The molecule has 1 atom stereocenters. The van der Waals surface area contributed by atoms with Gasteiger partial charge in [-0.1, -0.05) is 42.3 Å². The molecule has 0 aliphatic heterocycles. The molecule has 1 heterocycles. The van der Waals surface area contributed by atoms with Gasteiger partial charge in [0.25, 0.3) is 0 Å². The summed E-state index contributed by atoms with van der Waals surface area (Å²) < 4.78 is 9.38. The van der Waals surface area contributed by atoms with Gasteiger partial charge in [0.2, 0.25) is 5.62 Å². The molecule has 0 bridgehead atoms. The Morgan fingerprint density at radius 1 is 1.12 bits per heavy atom. The highest BCUT2D eigenvalue weighted by Crippen LogP contribution is 2.27. The van der Waals surface area contributed by atoms with Crippen molar-refractivity contribution in [2.75, 3.05) is 6.61 Å². The number of fused-ring (bicyclic) bond motifs is 1. The van der Waals surface area contributed by atoms with Gasteiger partial charge in [0.1, 0.15) is 18.5 Å². The normalized spacial score (nSPS) is 12.5. The van der Waals surface area contributed by atoms with Crippen molar-refractivity contribution in [2.24, 2.45) is 0 Å². The lowest BCUT2D eigenvalue weighted by Crippen LogP contribution is -2.31. The van der Waals surface area contributed by atoms with Crippen LogP contribution in [-0.2, 0) is 13.1 Å². The van der Waals surface area contributed by atoms with E-state index in [2.05, 4.69) is 6.92 Å². The van der Waals surface area contributed by atoms with E-state index in [9.17, 15) is 5.11 Å². The molecule has 0 aliphatic carbocycles. The van der Waals surface area contributed by atoms with Gasteiger partial charge in [0.15, 0.2) is 0 Å². The SMILES string of the molecule is CCCn1c(=N)n(C[C@H](O)COc2ccc(Cl)cc2Cl)c2ccccc21. The van der Waals surface area contributed by atoms with Gasteiger partial charge in [-0.05, 0) is 36.8 Å². The third kappa shape index (κ3) is 3.90. The fourth-order valence-corrected chi connectivity index (χ4v) is 3.43. The molecular weight excluding hydrogens is 373 g/mol. The van der Waals surface area contributed by atoms with Gasteiger partial charge in [-0.25, -0.2) is 0 Å². The smallest absolute Gasteiger partial charge is 0.203 e. The van der Waals surface area contributed by atoms with Gasteiger partial charge < -0.3 is 19.0 Å². The molecule has 3 rings (SSSR count). The quantitative estimate of drug-likeness (QED) is 0.634. The second-order valence-corrected chi connectivity index (χ2v) is 6.96. The van der Waals surface area contributed by atoms with Crippen LogP contribution >= 0.6 is 23.2 Å². The fourth-order valence-electron chi connectivity index (χ4n) is 2.97. The number of hydrogen-bond donors (Lipinski definition) is 2. The van der Waals surface area contributed by atoms with E-state index in [4.69, 9.17) is 33.3 Å². The number of aryl methyl sites for hydroxylation is 1. The lowest BCUT2D eigenvalue weighted by Gasteiger charge is -2.14. The first-order valence-corrected chi connectivity index (χ1v) is 9.25. The summed E-state index contributed by atoms with van der Waals surface area (Å²) in [5.74, 6) is 0.472. The first kappa shape index (κ1) is 18.8. The van der Waals surface area contributed by atoms with Crippen molar-refractivity contribution >= 4 is 34.2 Å². The Kier molecular flexibility index (Phi) is 5.91. The zero-order valence-corrected chi connectivity index (χ0v) is 16.0. The molecule has 5 nitrogen and oxygen atoms in total. The molecule has 0 unspecified atom stereocenters. The second kappa shape index (κ2) is 8.16. The van der Waals surface area contributed by atoms with E-state index in [0.717, 1.165) is 24.0 Å². The highest BCUT2D eigenvalue weighted by Gasteiger charge is 2.14. The van der Waals surface area contributed by atoms with E-state index in [1.165, 1.54) is 0 Å². The average molecular weight is 394 g/mol. The van der Waals surface area contributed by atoms with E-state index in [1.807, 2.05) is 33.4 Å². The number of nitrogens with one attached hydrogen (secondary N) is 1. The summed E-state index contributed by atoms with van der Waals surface area (Å²) in [6.07, 6.45) is 0.155. The zero-order chi connectivity index (χ0) is 18.7. The van der Waals surface area contributed by atoms with E-state index < -0.39 is 6.10 Å². The molecule has 2 aromatic carbocycles. The molecule has 0 aliphatic rings. The van der Waals surface area contributed by atoms with Gasteiger partial charge in [-0.2, -0.15) is 0 Å². The molecule has 0 fully saturated rings. The van der Waals surface area contributed by atoms with Crippen molar-refractivity contribution in [3.8, 4) is 5.75 Å². The summed E-state index contributed by atoms with van der Waals surface area (Å²) in [6.45, 7) is 3.18. The molecule has 0 radical (unpaired) electrons. The summed E-state index contributed by atoms with van der Waals surface area (Å²) in [7, 11) is 0. The Labute approximate surface area is 161 Å². The number of nitrogens with zero attached hydrogens (tertiary/aromatic N) is 2. The number of aromatic nitrogens is 2. The first-order valence-electron chi connectivity index (χ1n) is 8.49. The topological polar surface area (TPSA) is 63.2 Å². The Hall–Kier alpha value is -1.95. The largest absolute Gasteiger partial charge is 0.489 e. The van der Waals surface area contributed by atoms with Crippen molar-refractivity contribution < 1.29 is 9.84 Å². The van der Waals surface area contributed by atoms with Crippen LogP contribution in [0.2, 0.25) is 10.0 Å². The highest BCUT2D eigenvalue weighted by molar-refractivity contribution is 6.35. The Balaban J connectivity index is 1.78. The molecule has 0 amide bonds. The predicted octanol–water partition coefficient (Wildman–Crippen LogP) is 4.08. The first-order chi connectivity index (χ1) is 12.5.